The Bertz CT molecular complexity index is 682. The van der Waals surface area contributed by atoms with Crippen LogP contribution in [0.1, 0.15) is 18.9 Å². The SMILES string of the molecule is CCC1Oc2cc(N)ccc2N=C1N(C)Cc1ccccc1. The third kappa shape index (κ3) is 2.91. The first-order valence-electron chi connectivity index (χ1n) is 7.57. The van der Waals surface area contributed by atoms with Gasteiger partial charge in [-0.1, -0.05) is 37.3 Å². The summed E-state index contributed by atoms with van der Waals surface area (Å²) in [5.41, 5.74) is 8.62. The second-order valence-corrected chi connectivity index (χ2v) is 5.55. The summed E-state index contributed by atoms with van der Waals surface area (Å²) >= 11 is 0. The average Bonchev–Trinajstić information content (AvgIpc) is 2.54. The van der Waals surface area contributed by atoms with Crippen molar-refractivity contribution >= 4 is 17.2 Å². The Morgan fingerprint density at radius 1 is 1.18 bits per heavy atom. The van der Waals surface area contributed by atoms with Gasteiger partial charge in [0, 0.05) is 25.3 Å². The van der Waals surface area contributed by atoms with Gasteiger partial charge in [-0.25, -0.2) is 4.99 Å². The number of hydrogen-bond donors (Lipinski definition) is 1. The van der Waals surface area contributed by atoms with Gasteiger partial charge in [0.15, 0.2) is 6.10 Å². The van der Waals surface area contributed by atoms with Gasteiger partial charge < -0.3 is 15.4 Å². The zero-order valence-corrected chi connectivity index (χ0v) is 13.0. The first-order chi connectivity index (χ1) is 10.7. The van der Waals surface area contributed by atoms with E-state index in [-0.39, 0.29) is 6.10 Å². The first-order valence-corrected chi connectivity index (χ1v) is 7.57. The number of ether oxygens (including phenoxy) is 1. The Labute approximate surface area is 131 Å². The van der Waals surface area contributed by atoms with Gasteiger partial charge in [-0.2, -0.15) is 0 Å². The molecule has 1 heterocycles. The van der Waals surface area contributed by atoms with Crippen LogP contribution in [0.4, 0.5) is 11.4 Å². The molecule has 3 rings (SSSR count). The highest BCUT2D eigenvalue weighted by atomic mass is 16.5. The predicted octanol–water partition coefficient (Wildman–Crippen LogP) is 3.60. The second-order valence-electron chi connectivity index (χ2n) is 5.55. The van der Waals surface area contributed by atoms with Gasteiger partial charge in [-0.3, -0.25) is 0 Å². The van der Waals surface area contributed by atoms with Crippen molar-refractivity contribution in [3.05, 3.63) is 54.1 Å². The molecule has 0 saturated heterocycles. The van der Waals surface area contributed by atoms with Crippen LogP contribution in [0.5, 0.6) is 5.75 Å². The fourth-order valence-corrected chi connectivity index (χ4v) is 2.65. The van der Waals surface area contributed by atoms with Gasteiger partial charge in [0.05, 0.1) is 0 Å². The van der Waals surface area contributed by atoms with Crippen LogP contribution >= 0.6 is 0 Å². The number of aliphatic imine (C=N–C) groups is 1. The molecule has 4 nitrogen and oxygen atoms in total. The molecule has 114 valence electrons. The lowest BCUT2D eigenvalue weighted by molar-refractivity contribution is 0.238. The van der Waals surface area contributed by atoms with E-state index in [1.165, 1.54) is 5.56 Å². The molecule has 1 aliphatic heterocycles. The number of fused-ring (bicyclic) bond motifs is 1. The maximum absolute atomic E-state index is 6.08. The average molecular weight is 295 g/mol. The number of rotatable bonds is 3. The van der Waals surface area contributed by atoms with Crippen LogP contribution in [0.25, 0.3) is 0 Å². The van der Waals surface area contributed by atoms with E-state index < -0.39 is 0 Å². The molecule has 2 aromatic carbocycles. The molecule has 0 aromatic heterocycles. The lowest BCUT2D eigenvalue weighted by Crippen LogP contribution is -2.40. The zero-order chi connectivity index (χ0) is 15.5. The van der Waals surface area contributed by atoms with Crippen LogP contribution in [0.3, 0.4) is 0 Å². The summed E-state index contributed by atoms with van der Waals surface area (Å²) in [4.78, 5) is 6.95. The molecule has 0 fully saturated rings. The number of hydrogen-bond acceptors (Lipinski definition) is 4. The standard InChI is InChI=1S/C18H21N3O/c1-3-16-18(21(2)12-13-7-5-4-6-8-13)20-15-10-9-14(19)11-17(15)22-16/h4-11,16H,3,12,19H2,1-2H3. The van der Waals surface area contributed by atoms with Crippen molar-refractivity contribution in [2.45, 2.75) is 26.0 Å². The second kappa shape index (κ2) is 6.10. The normalized spacial score (nSPS) is 16.5. The molecule has 1 aliphatic rings. The minimum atomic E-state index is -0.0389. The summed E-state index contributed by atoms with van der Waals surface area (Å²) in [6.45, 7) is 2.91. The first kappa shape index (κ1) is 14.4. The summed E-state index contributed by atoms with van der Waals surface area (Å²) in [6, 6.07) is 16.0. The van der Waals surface area contributed by atoms with Crippen LogP contribution in [0, 0.1) is 0 Å². The van der Waals surface area contributed by atoms with Crippen LogP contribution < -0.4 is 10.5 Å². The van der Waals surface area contributed by atoms with Crippen molar-refractivity contribution in [2.24, 2.45) is 4.99 Å². The number of likely N-dealkylation sites (N-methyl/N-ethyl adjacent to an activating group) is 1. The summed E-state index contributed by atoms with van der Waals surface area (Å²) < 4.78 is 6.08. The van der Waals surface area contributed by atoms with E-state index in [9.17, 15) is 0 Å². The summed E-state index contributed by atoms with van der Waals surface area (Å²) in [7, 11) is 2.06. The maximum Gasteiger partial charge on any atom is 0.156 e. The van der Waals surface area contributed by atoms with Crippen LogP contribution in [0.15, 0.2) is 53.5 Å². The molecule has 2 N–H and O–H groups in total. The minimum Gasteiger partial charge on any atom is -0.480 e. The van der Waals surface area contributed by atoms with E-state index in [1.54, 1.807) is 0 Å². The maximum atomic E-state index is 6.08. The Morgan fingerprint density at radius 3 is 2.68 bits per heavy atom. The highest BCUT2D eigenvalue weighted by molar-refractivity contribution is 5.91. The molecule has 1 atom stereocenters. The number of nitrogens with zero attached hydrogens (tertiary/aromatic N) is 2. The van der Waals surface area contributed by atoms with Crippen molar-refractivity contribution in [1.29, 1.82) is 0 Å². The molecular formula is C18H21N3O. The monoisotopic (exact) mass is 295 g/mol. The van der Waals surface area contributed by atoms with E-state index in [1.807, 2.05) is 24.3 Å². The number of anilines is 1. The largest absolute Gasteiger partial charge is 0.480 e. The fourth-order valence-electron chi connectivity index (χ4n) is 2.65. The molecule has 0 spiro atoms. The minimum absolute atomic E-state index is 0.0389. The van der Waals surface area contributed by atoms with Gasteiger partial charge in [-0.05, 0) is 24.1 Å². The lowest BCUT2D eigenvalue weighted by atomic mass is 10.1. The number of amidine groups is 1. The predicted molar refractivity (Wildman–Crippen MR) is 90.6 cm³/mol. The molecule has 0 amide bonds. The smallest absolute Gasteiger partial charge is 0.156 e. The van der Waals surface area contributed by atoms with Gasteiger partial charge in [0.25, 0.3) is 0 Å². The van der Waals surface area contributed by atoms with Crippen molar-refractivity contribution in [3.8, 4) is 5.75 Å². The molecule has 22 heavy (non-hydrogen) atoms. The van der Waals surface area contributed by atoms with Crippen LogP contribution in [-0.4, -0.2) is 23.9 Å². The highest BCUT2D eigenvalue weighted by Gasteiger charge is 2.26. The van der Waals surface area contributed by atoms with Crippen LogP contribution in [0.2, 0.25) is 0 Å². The Balaban J connectivity index is 1.88. The molecule has 2 aromatic rings. The summed E-state index contributed by atoms with van der Waals surface area (Å²) in [6.07, 6.45) is 0.828. The van der Waals surface area contributed by atoms with E-state index in [2.05, 4.69) is 43.1 Å². The lowest BCUT2D eigenvalue weighted by Gasteiger charge is -2.31. The van der Waals surface area contributed by atoms with Gasteiger partial charge in [0.2, 0.25) is 0 Å². The van der Waals surface area contributed by atoms with Crippen LogP contribution in [-0.2, 0) is 6.54 Å². The fraction of sp³-hybridized carbons (Fsp3) is 0.278. The third-order valence-electron chi connectivity index (χ3n) is 3.80. The molecule has 0 bridgehead atoms. The Hall–Kier alpha value is -2.49. The highest BCUT2D eigenvalue weighted by Crippen LogP contribution is 2.35. The van der Waals surface area contributed by atoms with Gasteiger partial charge in [0.1, 0.15) is 17.3 Å². The molecular weight excluding hydrogens is 274 g/mol. The quantitative estimate of drug-likeness (QED) is 0.880. The topological polar surface area (TPSA) is 50.9 Å². The van der Waals surface area contributed by atoms with Crippen molar-refractivity contribution in [3.63, 3.8) is 0 Å². The zero-order valence-electron chi connectivity index (χ0n) is 13.0. The molecule has 4 heteroatoms. The van der Waals surface area contributed by atoms with Crippen molar-refractivity contribution in [1.82, 2.24) is 4.90 Å². The molecule has 0 aliphatic carbocycles. The van der Waals surface area contributed by atoms with Gasteiger partial charge >= 0.3 is 0 Å². The van der Waals surface area contributed by atoms with Gasteiger partial charge in [-0.15, -0.1) is 0 Å². The van der Waals surface area contributed by atoms with E-state index in [4.69, 9.17) is 15.5 Å². The van der Waals surface area contributed by atoms with Crippen molar-refractivity contribution in [2.75, 3.05) is 12.8 Å². The Kier molecular flexibility index (Phi) is 4.00. The van der Waals surface area contributed by atoms with E-state index in [0.29, 0.717) is 5.69 Å². The summed E-state index contributed by atoms with van der Waals surface area (Å²) in [5.74, 6) is 1.73. The van der Waals surface area contributed by atoms with E-state index >= 15 is 0 Å². The number of nitrogens with two attached hydrogens (primary N) is 1. The third-order valence-corrected chi connectivity index (χ3v) is 3.80. The Morgan fingerprint density at radius 2 is 1.95 bits per heavy atom. The van der Waals surface area contributed by atoms with E-state index in [0.717, 1.165) is 30.2 Å². The molecule has 1 unspecified atom stereocenters. The number of benzene rings is 2. The molecule has 0 radical (unpaired) electrons. The molecule has 0 saturated carbocycles. The number of nitrogen functional groups attached to an aromatic ring is 1. The van der Waals surface area contributed by atoms with Crippen molar-refractivity contribution < 1.29 is 4.74 Å². The summed E-state index contributed by atoms with van der Waals surface area (Å²) in [5, 5.41) is 0.